The van der Waals surface area contributed by atoms with Crippen LogP contribution in [0.25, 0.3) is 0 Å². The molecule has 2 aliphatic rings. The van der Waals surface area contributed by atoms with Crippen molar-refractivity contribution < 1.29 is 18.4 Å². The Balaban J connectivity index is 1.46. The van der Waals surface area contributed by atoms with Crippen LogP contribution in [0.4, 0.5) is 10.1 Å². The molecule has 1 aliphatic heterocycles. The Morgan fingerprint density at radius 2 is 1.94 bits per heavy atom. The van der Waals surface area contributed by atoms with Crippen LogP contribution in [0.2, 0.25) is 0 Å². The summed E-state index contributed by atoms with van der Waals surface area (Å²) in [4.78, 5) is 28.0. The van der Waals surface area contributed by atoms with Crippen LogP contribution in [0.1, 0.15) is 75.1 Å². The molecule has 1 N–H and O–H groups in total. The van der Waals surface area contributed by atoms with Crippen LogP contribution in [-0.4, -0.2) is 23.6 Å². The van der Waals surface area contributed by atoms with Crippen LogP contribution in [0.5, 0.6) is 0 Å². The molecule has 2 aromatic carbocycles. The van der Waals surface area contributed by atoms with E-state index in [4.69, 9.17) is 4.42 Å². The van der Waals surface area contributed by atoms with Gasteiger partial charge in [-0.25, -0.2) is 9.82 Å². The van der Waals surface area contributed by atoms with Gasteiger partial charge in [-0.15, -0.1) is 0 Å². The first-order chi connectivity index (χ1) is 16.8. The summed E-state index contributed by atoms with van der Waals surface area (Å²) >= 11 is 0. The van der Waals surface area contributed by atoms with E-state index in [0.717, 1.165) is 47.2 Å². The second-order valence-corrected chi connectivity index (χ2v) is 9.41. The maximum absolute atomic E-state index is 13.8. The third kappa shape index (κ3) is 4.27. The van der Waals surface area contributed by atoms with Crippen molar-refractivity contribution in [3.8, 4) is 0 Å². The Morgan fingerprint density at radius 3 is 2.74 bits per heavy atom. The fraction of sp³-hybridized carbons (Fsp3) is 0.321. The minimum absolute atomic E-state index is 0.0382. The van der Waals surface area contributed by atoms with Crippen molar-refractivity contribution in [2.45, 2.75) is 58.9 Å². The minimum Gasteiger partial charge on any atom is -0.455 e. The number of nitrogens with zero attached hydrogens (tertiary/aromatic N) is 2. The molecule has 0 bridgehead atoms. The summed E-state index contributed by atoms with van der Waals surface area (Å²) in [5, 5.41) is 4.43. The number of hydrazone groups is 1. The third-order valence-corrected chi connectivity index (χ3v) is 6.88. The molecule has 0 fully saturated rings. The summed E-state index contributed by atoms with van der Waals surface area (Å²) in [7, 11) is 0. The van der Waals surface area contributed by atoms with Gasteiger partial charge in [0.1, 0.15) is 11.6 Å². The molecule has 0 radical (unpaired) electrons. The summed E-state index contributed by atoms with van der Waals surface area (Å²) in [5.74, 6) is 0.170. The van der Waals surface area contributed by atoms with Crippen LogP contribution in [0, 0.1) is 19.7 Å². The lowest BCUT2D eigenvalue weighted by Gasteiger charge is -2.34. The molecule has 2 amide bonds. The SMILES string of the molecule is Cc1cccc(C(=O)N/N=C2\CCCc3oc(C(=O)N4c5ccc(F)cc5CCC4C)c(C)c32)c1. The lowest BCUT2D eigenvalue weighted by molar-refractivity contribution is 0.0941. The van der Waals surface area contributed by atoms with Crippen molar-refractivity contribution in [3.05, 3.63) is 87.6 Å². The number of benzene rings is 2. The number of hydrogen-bond acceptors (Lipinski definition) is 4. The van der Waals surface area contributed by atoms with E-state index < -0.39 is 0 Å². The maximum atomic E-state index is 13.8. The zero-order valence-electron chi connectivity index (χ0n) is 20.2. The van der Waals surface area contributed by atoms with Crippen LogP contribution in [0.15, 0.2) is 52.0 Å². The van der Waals surface area contributed by atoms with Gasteiger partial charge in [0.05, 0.1) is 5.71 Å². The van der Waals surface area contributed by atoms with Crippen LogP contribution >= 0.6 is 0 Å². The molecule has 1 aliphatic carbocycles. The summed E-state index contributed by atoms with van der Waals surface area (Å²) in [6, 6.07) is 11.9. The fourth-order valence-electron chi connectivity index (χ4n) is 5.09. The number of hydrogen-bond donors (Lipinski definition) is 1. The van der Waals surface area contributed by atoms with E-state index in [-0.39, 0.29) is 29.4 Å². The van der Waals surface area contributed by atoms with Crippen molar-refractivity contribution in [3.63, 3.8) is 0 Å². The highest BCUT2D eigenvalue weighted by molar-refractivity contribution is 6.11. The molecule has 7 heteroatoms. The topological polar surface area (TPSA) is 74.9 Å². The van der Waals surface area contributed by atoms with Gasteiger partial charge in [-0.2, -0.15) is 5.10 Å². The smallest absolute Gasteiger partial charge is 0.294 e. The number of furan rings is 1. The van der Waals surface area contributed by atoms with E-state index in [1.165, 1.54) is 12.1 Å². The monoisotopic (exact) mass is 473 g/mol. The zero-order valence-corrected chi connectivity index (χ0v) is 20.2. The van der Waals surface area contributed by atoms with Crippen LogP contribution in [0.3, 0.4) is 0 Å². The van der Waals surface area contributed by atoms with Crippen molar-refractivity contribution >= 4 is 23.2 Å². The normalized spacial score (nSPS) is 18.2. The van der Waals surface area contributed by atoms with E-state index in [2.05, 4.69) is 10.5 Å². The third-order valence-electron chi connectivity index (χ3n) is 6.88. The summed E-state index contributed by atoms with van der Waals surface area (Å²) in [6.07, 6.45) is 3.67. The number of fused-ring (bicyclic) bond motifs is 2. The van der Waals surface area contributed by atoms with Gasteiger partial charge >= 0.3 is 0 Å². The lowest BCUT2D eigenvalue weighted by atomic mass is 9.92. The van der Waals surface area contributed by atoms with E-state index in [9.17, 15) is 14.0 Å². The summed E-state index contributed by atoms with van der Waals surface area (Å²) in [6.45, 7) is 5.79. The number of amides is 2. The van der Waals surface area contributed by atoms with Gasteiger partial charge in [0.25, 0.3) is 11.8 Å². The van der Waals surface area contributed by atoms with Gasteiger partial charge in [-0.1, -0.05) is 17.7 Å². The molecule has 1 unspecified atom stereocenters. The Kier molecular flexibility index (Phi) is 6.01. The van der Waals surface area contributed by atoms with Gasteiger partial charge in [0, 0.05) is 34.8 Å². The van der Waals surface area contributed by atoms with Crippen molar-refractivity contribution in [1.82, 2.24) is 5.43 Å². The van der Waals surface area contributed by atoms with E-state index >= 15 is 0 Å². The summed E-state index contributed by atoms with van der Waals surface area (Å²) < 4.78 is 19.9. The van der Waals surface area contributed by atoms with E-state index in [1.807, 2.05) is 39.0 Å². The average Bonchev–Trinajstić information content (AvgIpc) is 3.19. The Bertz CT molecular complexity index is 1360. The van der Waals surface area contributed by atoms with Crippen molar-refractivity contribution in [1.29, 1.82) is 0 Å². The fourth-order valence-corrected chi connectivity index (χ4v) is 5.09. The van der Waals surface area contributed by atoms with Gasteiger partial charge in [-0.3, -0.25) is 9.59 Å². The van der Waals surface area contributed by atoms with Gasteiger partial charge < -0.3 is 9.32 Å². The average molecular weight is 474 g/mol. The Morgan fingerprint density at radius 1 is 1.11 bits per heavy atom. The highest BCUT2D eigenvalue weighted by Gasteiger charge is 2.35. The van der Waals surface area contributed by atoms with Crippen LogP contribution in [-0.2, 0) is 12.8 Å². The molecular weight excluding hydrogens is 445 g/mol. The first kappa shape index (κ1) is 23.0. The minimum atomic E-state index is -0.302. The molecule has 0 saturated heterocycles. The second-order valence-electron chi connectivity index (χ2n) is 9.41. The highest BCUT2D eigenvalue weighted by Crippen LogP contribution is 2.36. The van der Waals surface area contributed by atoms with Crippen molar-refractivity contribution in [2.75, 3.05) is 4.90 Å². The number of anilines is 1. The number of carbonyl (C=O) groups excluding carboxylic acids is 2. The molecule has 3 aromatic rings. The molecule has 2 heterocycles. The zero-order chi connectivity index (χ0) is 24.7. The highest BCUT2D eigenvalue weighted by atomic mass is 19.1. The van der Waals surface area contributed by atoms with E-state index in [1.54, 1.807) is 17.0 Å². The van der Waals surface area contributed by atoms with Gasteiger partial charge in [0.2, 0.25) is 0 Å². The molecule has 1 aromatic heterocycles. The molecule has 5 rings (SSSR count). The standard InChI is InChI=1S/C28H28FN3O3/c1-16-6-4-7-20(14-16)27(33)31-30-22-8-5-9-24-25(22)18(3)26(35-24)28(34)32-17(2)10-11-19-15-21(29)12-13-23(19)32/h4,6-7,12-15,17H,5,8-11H2,1-3H3,(H,31,33)/b30-22+. The lowest BCUT2D eigenvalue weighted by Crippen LogP contribution is -2.42. The predicted molar refractivity (Wildman–Crippen MR) is 133 cm³/mol. The number of aryl methyl sites for hydroxylation is 3. The van der Waals surface area contributed by atoms with Crippen LogP contribution < -0.4 is 10.3 Å². The predicted octanol–water partition coefficient (Wildman–Crippen LogP) is 5.49. The molecule has 180 valence electrons. The molecule has 6 nitrogen and oxygen atoms in total. The molecule has 0 saturated carbocycles. The van der Waals surface area contributed by atoms with Gasteiger partial charge in [-0.05, 0) is 82.3 Å². The molecule has 0 spiro atoms. The Hall–Kier alpha value is -3.74. The number of carbonyl (C=O) groups is 2. The first-order valence-electron chi connectivity index (χ1n) is 12.0. The number of nitrogens with one attached hydrogen (secondary N) is 1. The van der Waals surface area contributed by atoms with E-state index in [0.29, 0.717) is 29.9 Å². The quantitative estimate of drug-likeness (QED) is 0.512. The maximum Gasteiger partial charge on any atom is 0.294 e. The molecule has 35 heavy (non-hydrogen) atoms. The summed E-state index contributed by atoms with van der Waals surface area (Å²) in [5.41, 5.74) is 7.98. The second kappa shape index (κ2) is 9.13. The number of rotatable bonds is 3. The number of halogens is 1. The molecule has 1 atom stereocenters. The first-order valence-corrected chi connectivity index (χ1v) is 12.0. The Labute approximate surface area is 203 Å². The largest absolute Gasteiger partial charge is 0.455 e. The molecular formula is C28H28FN3O3. The van der Waals surface area contributed by atoms with Crippen molar-refractivity contribution in [2.24, 2.45) is 5.10 Å². The van der Waals surface area contributed by atoms with Gasteiger partial charge in [0.15, 0.2) is 5.76 Å².